The average molecular weight is 456 g/mol. The summed E-state index contributed by atoms with van der Waals surface area (Å²) in [7, 11) is 4.08. The van der Waals surface area contributed by atoms with Gasteiger partial charge in [-0.2, -0.15) is 4.80 Å². The van der Waals surface area contributed by atoms with Crippen molar-refractivity contribution in [2.45, 2.75) is 46.1 Å². The third-order valence-corrected chi connectivity index (χ3v) is 5.94. The quantitative estimate of drug-likeness (QED) is 0.589. The van der Waals surface area contributed by atoms with E-state index in [0.29, 0.717) is 44.8 Å². The Bertz CT molecular complexity index is 903. The number of aryl methyl sites for hydroxylation is 1. The van der Waals surface area contributed by atoms with Gasteiger partial charge in [-0.1, -0.05) is 44.2 Å². The first kappa shape index (κ1) is 24.8. The second-order valence-corrected chi connectivity index (χ2v) is 9.95. The van der Waals surface area contributed by atoms with E-state index in [2.05, 4.69) is 39.5 Å². The van der Waals surface area contributed by atoms with Crippen LogP contribution in [0.15, 0.2) is 30.3 Å². The minimum atomic E-state index is -0.0139. The molecule has 180 valence electrons. The predicted octanol–water partition coefficient (Wildman–Crippen LogP) is 2.06. The zero-order valence-corrected chi connectivity index (χ0v) is 20.3. The number of nitrogens with zero attached hydrogens (tertiary/aromatic N) is 6. The van der Waals surface area contributed by atoms with Crippen LogP contribution in [-0.2, 0) is 16.1 Å². The average Bonchev–Trinajstić information content (AvgIpc) is 3.26. The van der Waals surface area contributed by atoms with E-state index in [0.717, 1.165) is 24.9 Å². The van der Waals surface area contributed by atoms with Crippen LogP contribution in [0.5, 0.6) is 0 Å². The summed E-state index contributed by atoms with van der Waals surface area (Å²) in [5.74, 6) is 0.817. The predicted molar refractivity (Wildman–Crippen MR) is 127 cm³/mol. The van der Waals surface area contributed by atoms with Gasteiger partial charge in [-0.25, -0.2) is 0 Å². The number of hydrogen-bond acceptors (Lipinski definition) is 6. The van der Waals surface area contributed by atoms with E-state index in [1.165, 1.54) is 0 Å². The number of piperidine rings is 1. The molecule has 0 unspecified atom stereocenters. The largest absolute Gasteiger partial charge is 0.355 e. The topological polar surface area (TPSA) is 96.2 Å². The number of aromatic nitrogens is 4. The van der Waals surface area contributed by atoms with Gasteiger partial charge in [0.05, 0.1) is 6.54 Å². The second kappa shape index (κ2) is 11.4. The maximum Gasteiger partial charge on any atom is 0.223 e. The Kier molecular flexibility index (Phi) is 8.55. The Morgan fingerprint density at radius 3 is 2.52 bits per heavy atom. The molecule has 1 aromatic heterocycles. The number of rotatable bonds is 10. The molecule has 1 aliphatic heterocycles. The molecule has 3 rings (SSSR count). The van der Waals surface area contributed by atoms with Crippen LogP contribution < -0.4 is 5.32 Å². The Hall–Kier alpha value is -2.81. The monoisotopic (exact) mass is 455 g/mol. The number of carbonyl (C=O) groups is 2. The fraction of sp³-hybridized carbons (Fsp3) is 0.625. The van der Waals surface area contributed by atoms with E-state index < -0.39 is 0 Å². The van der Waals surface area contributed by atoms with Gasteiger partial charge in [0.1, 0.15) is 0 Å². The third kappa shape index (κ3) is 7.63. The van der Waals surface area contributed by atoms with Crippen molar-refractivity contribution in [1.29, 1.82) is 0 Å². The van der Waals surface area contributed by atoms with Crippen molar-refractivity contribution >= 4 is 11.8 Å². The molecule has 0 spiro atoms. The van der Waals surface area contributed by atoms with E-state index in [4.69, 9.17) is 0 Å². The highest BCUT2D eigenvalue weighted by Gasteiger charge is 2.28. The van der Waals surface area contributed by atoms with Crippen molar-refractivity contribution in [3.63, 3.8) is 0 Å². The standard InChI is InChI=1S/C24H37N7O2/c1-24(2,18-29(3)4)17-25-23(33)20-12-15-30(16-13-20)21(32)11-8-14-31-27-22(26-28-31)19-9-6-5-7-10-19/h5-7,9-10,20H,8,11-18H2,1-4H3,(H,25,33). The van der Waals surface area contributed by atoms with E-state index >= 15 is 0 Å². The fourth-order valence-electron chi connectivity index (χ4n) is 4.34. The number of nitrogens with one attached hydrogen (secondary N) is 1. The zero-order valence-electron chi connectivity index (χ0n) is 20.3. The first-order valence-electron chi connectivity index (χ1n) is 11.8. The van der Waals surface area contributed by atoms with Crippen molar-refractivity contribution < 1.29 is 9.59 Å². The van der Waals surface area contributed by atoms with E-state index in [-0.39, 0.29) is 23.1 Å². The summed E-state index contributed by atoms with van der Waals surface area (Å²) in [5.41, 5.74) is 0.949. The van der Waals surface area contributed by atoms with Gasteiger partial charge < -0.3 is 15.1 Å². The van der Waals surface area contributed by atoms with Gasteiger partial charge in [-0.05, 0) is 44.0 Å². The van der Waals surface area contributed by atoms with Crippen LogP contribution in [0.4, 0.5) is 0 Å². The summed E-state index contributed by atoms with van der Waals surface area (Å²) < 4.78 is 0. The molecule has 2 amide bonds. The first-order valence-corrected chi connectivity index (χ1v) is 11.8. The van der Waals surface area contributed by atoms with Crippen molar-refractivity contribution in [2.24, 2.45) is 11.3 Å². The number of carbonyl (C=O) groups excluding carboxylic acids is 2. The van der Waals surface area contributed by atoms with Crippen molar-refractivity contribution in [1.82, 2.24) is 35.3 Å². The lowest BCUT2D eigenvalue weighted by Gasteiger charge is -2.33. The van der Waals surface area contributed by atoms with Gasteiger partial charge in [0.25, 0.3) is 0 Å². The van der Waals surface area contributed by atoms with E-state index in [1.54, 1.807) is 4.80 Å². The first-order chi connectivity index (χ1) is 15.7. The smallest absolute Gasteiger partial charge is 0.223 e. The minimum absolute atomic E-state index is 0.0139. The lowest BCUT2D eigenvalue weighted by molar-refractivity contribution is -0.135. The van der Waals surface area contributed by atoms with E-state index in [1.807, 2.05) is 49.3 Å². The summed E-state index contributed by atoms with van der Waals surface area (Å²) in [6, 6.07) is 9.71. The molecule has 1 saturated heterocycles. The van der Waals surface area contributed by atoms with Crippen LogP contribution in [-0.4, -0.2) is 82.1 Å². The summed E-state index contributed by atoms with van der Waals surface area (Å²) in [5, 5.41) is 15.7. The fourth-order valence-corrected chi connectivity index (χ4v) is 4.34. The Balaban J connectivity index is 1.36. The Morgan fingerprint density at radius 1 is 1.15 bits per heavy atom. The molecule has 0 saturated carbocycles. The molecule has 1 N–H and O–H groups in total. The third-order valence-electron chi connectivity index (χ3n) is 5.94. The highest BCUT2D eigenvalue weighted by Crippen LogP contribution is 2.20. The van der Waals surface area contributed by atoms with Crippen LogP contribution in [0.2, 0.25) is 0 Å². The molecular weight excluding hydrogens is 418 g/mol. The summed E-state index contributed by atoms with van der Waals surface area (Å²) >= 11 is 0. The SMILES string of the molecule is CN(C)CC(C)(C)CNC(=O)C1CCN(C(=O)CCCn2nnc(-c3ccccc3)n2)CC1. The number of benzene rings is 1. The van der Waals surface area contributed by atoms with Crippen LogP contribution in [0.3, 0.4) is 0 Å². The van der Waals surface area contributed by atoms with Crippen molar-refractivity contribution in [3.8, 4) is 11.4 Å². The molecule has 0 bridgehead atoms. The molecule has 2 aromatic rings. The Morgan fingerprint density at radius 2 is 1.85 bits per heavy atom. The Labute approximate surface area is 196 Å². The van der Waals surface area contributed by atoms with Crippen LogP contribution in [0, 0.1) is 11.3 Å². The number of amides is 2. The van der Waals surface area contributed by atoms with Crippen LogP contribution in [0.1, 0.15) is 39.5 Å². The van der Waals surface area contributed by atoms with Crippen LogP contribution >= 0.6 is 0 Å². The van der Waals surface area contributed by atoms with Gasteiger partial charge >= 0.3 is 0 Å². The molecular formula is C24H37N7O2. The molecule has 33 heavy (non-hydrogen) atoms. The molecule has 2 heterocycles. The molecule has 1 aromatic carbocycles. The molecule has 1 aliphatic rings. The maximum absolute atomic E-state index is 12.6. The molecule has 0 radical (unpaired) electrons. The molecule has 0 atom stereocenters. The van der Waals surface area contributed by atoms with Crippen LogP contribution in [0.25, 0.3) is 11.4 Å². The number of likely N-dealkylation sites (tertiary alicyclic amines) is 1. The normalized spacial score (nSPS) is 15.1. The maximum atomic E-state index is 12.6. The highest BCUT2D eigenvalue weighted by atomic mass is 16.2. The van der Waals surface area contributed by atoms with Gasteiger partial charge in [0, 0.05) is 44.1 Å². The summed E-state index contributed by atoms with van der Waals surface area (Å²) in [4.78, 5) is 30.8. The molecule has 1 fully saturated rings. The van der Waals surface area contributed by atoms with Crippen molar-refractivity contribution in [3.05, 3.63) is 30.3 Å². The van der Waals surface area contributed by atoms with Gasteiger partial charge in [-0.15, -0.1) is 10.2 Å². The molecule has 0 aliphatic carbocycles. The van der Waals surface area contributed by atoms with Crippen molar-refractivity contribution in [2.75, 3.05) is 40.3 Å². The second-order valence-electron chi connectivity index (χ2n) is 9.95. The lowest BCUT2D eigenvalue weighted by atomic mass is 9.91. The molecule has 9 heteroatoms. The van der Waals surface area contributed by atoms with E-state index in [9.17, 15) is 9.59 Å². The summed E-state index contributed by atoms with van der Waals surface area (Å²) in [6.45, 7) is 7.71. The number of hydrogen-bond donors (Lipinski definition) is 1. The molecule has 9 nitrogen and oxygen atoms in total. The highest BCUT2D eigenvalue weighted by molar-refractivity contribution is 5.80. The van der Waals surface area contributed by atoms with Gasteiger partial charge in [-0.3, -0.25) is 9.59 Å². The minimum Gasteiger partial charge on any atom is -0.355 e. The van der Waals surface area contributed by atoms with Gasteiger partial charge in [0.15, 0.2) is 0 Å². The summed E-state index contributed by atoms with van der Waals surface area (Å²) in [6.07, 6.45) is 2.54. The van der Waals surface area contributed by atoms with Gasteiger partial charge in [0.2, 0.25) is 17.6 Å². The lowest BCUT2D eigenvalue weighted by Crippen LogP contribution is -2.46. The number of tetrazole rings is 1. The zero-order chi connectivity index (χ0) is 23.8.